The van der Waals surface area contributed by atoms with Crippen molar-refractivity contribution < 1.29 is 19.1 Å². The van der Waals surface area contributed by atoms with Gasteiger partial charge in [-0.1, -0.05) is 30.3 Å². The summed E-state index contributed by atoms with van der Waals surface area (Å²) in [6.07, 6.45) is 1.09. The van der Waals surface area contributed by atoms with Crippen molar-refractivity contribution in [1.82, 2.24) is 5.32 Å². The summed E-state index contributed by atoms with van der Waals surface area (Å²) in [5.41, 5.74) is 2.24. The predicted molar refractivity (Wildman–Crippen MR) is 121 cm³/mol. The van der Waals surface area contributed by atoms with E-state index >= 15 is 0 Å². The van der Waals surface area contributed by atoms with E-state index in [-0.39, 0.29) is 30.9 Å². The van der Waals surface area contributed by atoms with Crippen LogP contribution in [0.25, 0.3) is 10.8 Å². The average molecular weight is 418 g/mol. The van der Waals surface area contributed by atoms with Crippen molar-refractivity contribution in [3.8, 4) is 11.5 Å². The van der Waals surface area contributed by atoms with Gasteiger partial charge in [0.05, 0.1) is 12.3 Å². The average Bonchev–Trinajstić information content (AvgIpc) is 3.12. The number of nitrogens with one attached hydrogen (secondary N) is 2. The minimum atomic E-state index is -0.203. The van der Waals surface area contributed by atoms with Gasteiger partial charge in [-0.3, -0.25) is 9.59 Å². The van der Waals surface area contributed by atoms with Crippen LogP contribution in [0.1, 0.15) is 36.2 Å². The molecule has 0 radical (unpaired) electrons. The standard InChI is InChI=1S/C25H26N2O4/c1-3-30-23-14-20-12-16(2)31-22(20)15-21(23)27-24(28)10-11-26-25(29)19-9-8-17-6-4-5-7-18(17)13-19/h4-9,13-16H,3,10-12H2,1-2H3,(H,26,29)(H,27,28). The number of ether oxygens (including phenoxy) is 2. The first kappa shape index (κ1) is 20.7. The maximum Gasteiger partial charge on any atom is 0.251 e. The second-order valence-corrected chi connectivity index (χ2v) is 7.64. The molecule has 3 aromatic rings. The molecular formula is C25H26N2O4. The molecular weight excluding hydrogens is 392 g/mol. The van der Waals surface area contributed by atoms with Gasteiger partial charge in [0, 0.05) is 36.6 Å². The molecule has 0 spiro atoms. The Balaban J connectivity index is 1.35. The molecule has 2 amide bonds. The number of benzene rings is 3. The molecule has 31 heavy (non-hydrogen) atoms. The molecule has 0 aliphatic carbocycles. The zero-order valence-corrected chi connectivity index (χ0v) is 17.7. The van der Waals surface area contributed by atoms with Gasteiger partial charge in [-0.05, 0) is 42.8 Å². The summed E-state index contributed by atoms with van der Waals surface area (Å²) in [6, 6.07) is 17.2. The molecule has 1 atom stereocenters. The number of carbonyl (C=O) groups excluding carboxylic acids is 2. The highest BCUT2D eigenvalue weighted by atomic mass is 16.5. The Hall–Kier alpha value is -3.54. The van der Waals surface area contributed by atoms with E-state index in [1.54, 1.807) is 6.07 Å². The molecule has 1 unspecified atom stereocenters. The number of rotatable bonds is 7. The summed E-state index contributed by atoms with van der Waals surface area (Å²) in [6.45, 7) is 4.65. The Kier molecular flexibility index (Phi) is 6.07. The third kappa shape index (κ3) is 4.79. The zero-order valence-electron chi connectivity index (χ0n) is 17.7. The molecule has 6 heteroatoms. The fourth-order valence-corrected chi connectivity index (χ4v) is 3.75. The molecule has 6 nitrogen and oxygen atoms in total. The van der Waals surface area contributed by atoms with Crippen molar-refractivity contribution in [2.75, 3.05) is 18.5 Å². The molecule has 2 N–H and O–H groups in total. The van der Waals surface area contributed by atoms with E-state index in [1.807, 2.05) is 62.4 Å². The van der Waals surface area contributed by atoms with E-state index in [4.69, 9.17) is 9.47 Å². The zero-order chi connectivity index (χ0) is 21.8. The number of fused-ring (bicyclic) bond motifs is 2. The lowest BCUT2D eigenvalue weighted by atomic mass is 10.1. The van der Waals surface area contributed by atoms with Crippen molar-refractivity contribution in [3.63, 3.8) is 0 Å². The second-order valence-electron chi connectivity index (χ2n) is 7.64. The smallest absolute Gasteiger partial charge is 0.251 e. The Labute approximate surface area is 181 Å². The number of amides is 2. The molecule has 0 fully saturated rings. The number of anilines is 1. The van der Waals surface area contributed by atoms with Gasteiger partial charge in [0.15, 0.2) is 0 Å². The first-order chi connectivity index (χ1) is 15.0. The van der Waals surface area contributed by atoms with Crippen LogP contribution >= 0.6 is 0 Å². The Morgan fingerprint density at radius 3 is 2.71 bits per heavy atom. The molecule has 0 saturated carbocycles. The molecule has 0 bridgehead atoms. The number of hydrogen-bond acceptors (Lipinski definition) is 4. The summed E-state index contributed by atoms with van der Waals surface area (Å²) in [7, 11) is 0. The molecule has 160 valence electrons. The largest absolute Gasteiger partial charge is 0.492 e. The van der Waals surface area contributed by atoms with E-state index in [0.717, 1.165) is 28.5 Å². The fraction of sp³-hybridized carbons (Fsp3) is 0.280. The fourth-order valence-electron chi connectivity index (χ4n) is 3.75. The molecule has 4 rings (SSSR count). The van der Waals surface area contributed by atoms with Crippen LogP contribution in [0.15, 0.2) is 54.6 Å². The summed E-state index contributed by atoms with van der Waals surface area (Å²) in [5, 5.41) is 7.78. The summed E-state index contributed by atoms with van der Waals surface area (Å²) < 4.78 is 11.5. The van der Waals surface area contributed by atoms with E-state index in [1.165, 1.54) is 0 Å². The third-order valence-corrected chi connectivity index (χ3v) is 5.22. The molecule has 0 saturated heterocycles. The van der Waals surface area contributed by atoms with E-state index in [2.05, 4.69) is 10.6 Å². The van der Waals surface area contributed by atoms with Crippen LogP contribution in [0.5, 0.6) is 11.5 Å². The van der Waals surface area contributed by atoms with E-state index < -0.39 is 0 Å². The van der Waals surface area contributed by atoms with Gasteiger partial charge in [-0.2, -0.15) is 0 Å². The monoisotopic (exact) mass is 418 g/mol. The van der Waals surface area contributed by atoms with E-state index in [9.17, 15) is 9.59 Å². The van der Waals surface area contributed by atoms with Crippen molar-refractivity contribution in [3.05, 3.63) is 65.7 Å². The van der Waals surface area contributed by atoms with Gasteiger partial charge in [0.1, 0.15) is 17.6 Å². The lowest BCUT2D eigenvalue weighted by Crippen LogP contribution is -2.27. The molecule has 0 aromatic heterocycles. The SMILES string of the molecule is CCOc1cc2c(cc1NC(=O)CCNC(=O)c1ccc3ccccc3c1)OC(C)C2. The third-order valence-electron chi connectivity index (χ3n) is 5.22. The van der Waals surface area contributed by atoms with Crippen LogP contribution in [-0.4, -0.2) is 31.1 Å². The maximum atomic E-state index is 12.5. The van der Waals surface area contributed by atoms with Crippen LogP contribution < -0.4 is 20.1 Å². The summed E-state index contributed by atoms with van der Waals surface area (Å²) >= 11 is 0. The lowest BCUT2D eigenvalue weighted by Gasteiger charge is -2.14. The van der Waals surface area contributed by atoms with Crippen molar-refractivity contribution in [2.45, 2.75) is 32.8 Å². The van der Waals surface area contributed by atoms with Crippen LogP contribution in [0.2, 0.25) is 0 Å². The van der Waals surface area contributed by atoms with Crippen LogP contribution in [0.4, 0.5) is 5.69 Å². The van der Waals surface area contributed by atoms with Crippen molar-refractivity contribution in [2.24, 2.45) is 0 Å². The Bertz CT molecular complexity index is 1130. The predicted octanol–water partition coefficient (Wildman–Crippen LogP) is 4.32. The van der Waals surface area contributed by atoms with Crippen molar-refractivity contribution >= 4 is 28.3 Å². The molecule has 3 aromatic carbocycles. The minimum Gasteiger partial charge on any atom is -0.492 e. The summed E-state index contributed by atoms with van der Waals surface area (Å²) in [4.78, 5) is 24.9. The van der Waals surface area contributed by atoms with Gasteiger partial charge in [0.25, 0.3) is 5.91 Å². The Morgan fingerprint density at radius 1 is 1.10 bits per heavy atom. The highest BCUT2D eigenvalue weighted by molar-refractivity contribution is 5.99. The van der Waals surface area contributed by atoms with E-state index in [0.29, 0.717) is 23.6 Å². The molecule has 1 heterocycles. The lowest BCUT2D eigenvalue weighted by molar-refractivity contribution is -0.116. The summed E-state index contributed by atoms with van der Waals surface area (Å²) in [5.74, 6) is 1.00. The quantitative estimate of drug-likeness (QED) is 0.599. The molecule has 1 aliphatic heterocycles. The van der Waals surface area contributed by atoms with Gasteiger partial charge >= 0.3 is 0 Å². The molecule has 1 aliphatic rings. The van der Waals surface area contributed by atoms with Gasteiger partial charge in [-0.25, -0.2) is 0 Å². The Morgan fingerprint density at radius 2 is 1.90 bits per heavy atom. The highest BCUT2D eigenvalue weighted by Gasteiger charge is 2.22. The first-order valence-electron chi connectivity index (χ1n) is 10.6. The highest BCUT2D eigenvalue weighted by Crippen LogP contribution is 2.38. The second kappa shape index (κ2) is 9.08. The number of carbonyl (C=O) groups is 2. The maximum absolute atomic E-state index is 12.5. The van der Waals surface area contributed by atoms with Gasteiger partial charge < -0.3 is 20.1 Å². The van der Waals surface area contributed by atoms with Gasteiger partial charge in [0.2, 0.25) is 5.91 Å². The van der Waals surface area contributed by atoms with Crippen molar-refractivity contribution in [1.29, 1.82) is 0 Å². The first-order valence-corrected chi connectivity index (χ1v) is 10.6. The topological polar surface area (TPSA) is 76.7 Å². The minimum absolute atomic E-state index is 0.112. The van der Waals surface area contributed by atoms with Crippen LogP contribution in [0, 0.1) is 0 Å². The number of hydrogen-bond donors (Lipinski definition) is 2. The normalized spacial score (nSPS) is 14.6. The van der Waals surface area contributed by atoms with Gasteiger partial charge in [-0.15, -0.1) is 0 Å². The van der Waals surface area contributed by atoms with Crippen LogP contribution in [-0.2, 0) is 11.2 Å². The van der Waals surface area contributed by atoms with Crippen LogP contribution in [0.3, 0.4) is 0 Å².